The number of hydrogen-bond donors (Lipinski definition) is 0. The van der Waals surface area contributed by atoms with Crippen molar-refractivity contribution in [2.45, 2.75) is 13.1 Å². The van der Waals surface area contributed by atoms with Crippen LogP contribution < -0.4 is 0 Å². The van der Waals surface area contributed by atoms with Gasteiger partial charge in [0.2, 0.25) is 0 Å². The summed E-state index contributed by atoms with van der Waals surface area (Å²) in [5.41, 5.74) is -0.880. The molecule has 6 heteroatoms. The van der Waals surface area contributed by atoms with Gasteiger partial charge in [-0.1, -0.05) is 0 Å². The SMILES string of the molecule is Cc1nc(Br)ncc1C(F)(F)F. The van der Waals surface area contributed by atoms with E-state index in [1.165, 1.54) is 6.92 Å². The first kappa shape index (κ1) is 9.44. The minimum Gasteiger partial charge on any atom is -0.230 e. The first-order valence-corrected chi connectivity index (χ1v) is 3.77. The molecule has 0 aliphatic carbocycles. The highest BCUT2D eigenvalue weighted by Crippen LogP contribution is 2.30. The molecule has 1 aromatic heterocycles. The van der Waals surface area contributed by atoms with E-state index in [1.54, 1.807) is 0 Å². The van der Waals surface area contributed by atoms with Crippen molar-refractivity contribution >= 4 is 15.9 Å². The van der Waals surface area contributed by atoms with Crippen molar-refractivity contribution in [3.63, 3.8) is 0 Å². The molecule has 1 rings (SSSR count). The Labute approximate surface area is 75.0 Å². The number of aromatic nitrogens is 2. The molecule has 0 amide bonds. The molecule has 0 saturated heterocycles. The molecule has 0 radical (unpaired) electrons. The van der Waals surface area contributed by atoms with Crippen molar-refractivity contribution in [1.29, 1.82) is 0 Å². The van der Waals surface area contributed by atoms with Gasteiger partial charge in [0.15, 0.2) is 4.73 Å². The van der Waals surface area contributed by atoms with E-state index in [1.807, 2.05) is 0 Å². The van der Waals surface area contributed by atoms with Crippen molar-refractivity contribution < 1.29 is 13.2 Å². The number of aryl methyl sites for hydroxylation is 1. The molecule has 0 fully saturated rings. The second kappa shape index (κ2) is 3.01. The summed E-state index contributed by atoms with van der Waals surface area (Å²) in [6.45, 7) is 1.29. The van der Waals surface area contributed by atoms with Crippen molar-refractivity contribution in [3.8, 4) is 0 Å². The summed E-state index contributed by atoms with van der Waals surface area (Å²) in [6, 6.07) is 0. The zero-order valence-corrected chi connectivity index (χ0v) is 7.57. The maximum atomic E-state index is 12.1. The Hall–Kier alpha value is -0.650. The van der Waals surface area contributed by atoms with Gasteiger partial charge < -0.3 is 0 Å². The molecular weight excluding hydrogens is 237 g/mol. The number of rotatable bonds is 0. The molecule has 66 valence electrons. The summed E-state index contributed by atoms with van der Waals surface area (Å²) in [5, 5.41) is 0. The highest BCUT2D eigenvalue weighted by molar-refractivity contribution is 9.10. The van der Waals surface area contributed by atoms with E-state index in [9.17, 15) is 13.2 Å². The summed E-state index contributed by atoms with van der Waals surface area (Å²) in [7, 11) is 0. The Morgan fingerprint density at radius 1 is 1.42 bits per heavy atom. The fourth-order valence-corrected chi connectivity index (χ4v) is 1.09. The van der Waals surface area contributed by atoms with Crippen LogP contribution in [0.3, 0.4) is 0 Å². The zero-order valence-electron chi connectivity index (χ0n) is 5.98. The highest BCUT2D eigenvalue weighted by Gasteiger charge is 2.33. The van der Waals surface area contributed by atoms with Crippen molar-refractivity contribution in [3.05, 3.63) is 22.2 Å². The van der Waals surface area contributed by atoms with Gasteiger partial charge in [-0.2, -0.15) is 13.2 Å². The van der Waals surface area contributed by atoms with Gasteiger partial charge in [-0.05, 0) is 22.9 Å². The van der Waals surface area contributed by atoms with E-state index in [2.05, 4.69) is 25.9 Å². The molecular formula is C6H4BrF3N2. The molecule has 0 aromatic carbocycles. The summed E-state index contributed by atoms with van der Waals surface area (Å²) in [4.78, 5) is 6.92. The van der Waals surface area contributed by atoms with Crippen LogP contribution in [0.25, 0.3) is 0 Å². The van der Waals surface area contributed by atoms with Gasteiger partial charge in [0.05, 0.1) is 11.3 Å². The second-order valence-corrected chi connectivity index (χ2v) is 2.85. The molecule has 0 bridgehead atoms. The predicted octanol–water partition coefficient (Wildman–Crippen LogP) is 2.57. The lowest BCUT2D eigenvalue weighted by Crippen LogP contribution is -2.09. The third kappa shape index (κ3) is 1.94. The van der Waals surface area contributed by atoms with Crippen molar-refractivity contribution in [1.82, 2.24) is 9.97 Å². The Bertz CT molecular complexity index is 297. The van der Waals surface area contributed by atoms with E-state index in [4.69, 9.17) is 0 Å². The van der Waals surface area contributed by atoms with E-state index < -0.39 is 11.7 Å². The van der Waals surface area contributed by atoms with Crippen molar-refractivity contribution in [2.24, 2.45) is 0 Å². The molecule has 12 heavy (non-hydrogen) atoms. The van der Waals surface area contributed by atoms with Crippen LogP contribution in [0.5, 0.6) is 0 Å². The molecule has 0 atom stereocenters. The molecule has 0 N–H and O–H groups in total. The monoisotopic (exact) mass is 240 g/mol. The predicted molar refractivity (Wildman–Crippen MR) is 39.5 cm³/mol. The maximum Gasteiger partial charge on any atom is 0.419 e. The van der Waals surface area contributed by atoms with Crippen molar-refractivity contribution in [2.75, 3.05) is 0 Å². The lowest BCUT2D eigenvalue weighted by Gasteiger charge is -2.07. The first-order valence-electron chi connectivity index (χ1n) is 2.97. The third-order valence-corrected chi connectivity index (χ3v) is 1.64. The number of alkyl halides is 3. The van der Waals surface area contributed by atoms with E-state index >= 15 is 0 Å². The van der Waals surface area contributed by atoms with Gasteiger partial charge in [0.25, 0.3) is 0 Å². The quantitative estimate of drug-likeness (QED) is 0.652. The topological polar surface area (TPSA) is 25.8 Å². The third-order valence-electron chi connectivity index (χ3n) is 1.26. The summed E-state index contributed by atoms with van der Waals surface area (Å²) in [6.07, 6.45) is -3.61. The van der Waals surface area contributed by atoms with Gasteiger partial charge >= 0.3 is 6.18 Å². The van der Waals surface area contributed by atoms with Crippen LogP contribution in [0, 0.1) is 6.92 Å². The summed E-state index contributed by atoms with van der Waals surface area (Å²) < 4.78 is 36.4. The van der Waals surface area contributed by atoms with Crippen LogP contribution in [0.15, 0.2) is 10.9 Å². The summed E-state index contributed by atoms with van der Waals surface area (Å²) >= 11 is 2.87. The average molecular weight is 241 g/mol. The van der Waals surface area contributed by atoms with Gasteiger partial charge in [-0.25, -0.2) is 9.97 Å². The molecule has 0 aliphatic heterocycles. The normalized spacial score (nSPS) is 11.8. The fourth-order valence-electron chi connectivity index (χ4n) is 0.717. The van der Waals surface area contributed by atoms with Crippen LogP contribution in [-0.2, 0) is 6.18 Å². The number of nitrogens with zero attached hydrogens (tertiary/aromatic N) is 2. The fraction of sp³-hybridized carbons (Fsp3) is 0.333. The number of halogens is 4. The second-order valence-electron chi connectivity index (χ2n) is 2.14. The minimum atomic E-state index is -4.37. The van der Waals surface area contributed by atoms with E-state index in [0.29, 0.717) is 0 Å². The highest BCUT2D eigenvalue weighted by atomic mass is 79.9. The molecule has 0 aliphatic rings. The number of hydrogen-bond acceptors (Lipinski definition) is 2. The standard InChI is InChI=1S/C6H4BrF3N2/c1-3-4(6(8,9)10)2-11-5(7)12-3/h2H,1H3. The minimum absolute atomic E-state index is 0.0793. The lowest BCUT2D eigenvalue weighted by atomic mass is 10.2. The maximum absolute atomic E-state index is 12.1. The average Bonchev–Trinajstić information content (AvgIpc) is 1.83. The largest absolute Gasteiger partial charge is 0.419 e. The van der Waals surface area contributed by atoms with E-state index in [-0.39, 0.29) is 10.4 Å². The smallest absolute Gasteiger partial charge is 0.230 e. The van der Waals surface area contributed by atoms with Gasteiger partial charge in [-0.3, -0.25) is 0 Å². The Morgan fingerprint density at radius 2 is 2.00 bits per heavy atom. The van der Waals surface area contributed by atoms with E-state index in [0.717, 1.165) is 6.20 Å². The van der Waals surface area contributed by atoms with Crippen LogP contribution in [0.2, 0.25) is 0 Å². The Kier molecular flexibility index (Phi) is 2.36. The zero-order chi connectivity index (χ0) is 9.35. The molecule has 0 unspecified atom stereocenters. The van der Waals surface area contributed by atoms with Gasteiger partial charge in [0, 0.05) is 6.20 Å². The Morgan fingerprint density at radius 3 is 2.42 bits per heavy atom. The molecule has 1 heterocycles. The Balaban J connectivity index is 3.19. The molecule has 0 spiro atoms. The van der Waals surface area contributed by atoms with Gasteiger partial charge in [0.1, 0.15) is 0 Å². The van der Waals surface area contributed by atoms with Gasteiger partial charge in [-0.15, -0.1) is 0 Å². The molecule has 1 aromatic rings. The van der Waals surface area contributed by atoms with Crippen LogP contribution in [0.4, 0.5) is 13.2 Å². The lowest BCUT2D eigenvalue weighted by molar-refractivity contribution is -0.138. The van der Waals surface area contributed by atoms with Crippen LogP contribution in [-0.4, -0.2) is 9.97 Å². The van der Waals surface area contributed by atoms with Crippen LogP contribution in [0.1, 0.15) is 11.3 Å². The molecule has 0 saturated carbocycles. The molecule has 2 nitrogen and oxygen atoms in total. The first-order chi connectivity index (χ1) is 5.41. The summed E-state index contributed by atoms with van der Waals surface area (Å²) in [5.74, 6) is 0. The van der Waals surface area contributed by atoms with Crippen LogP contribution >= 0.6 is 15.9 Å².